The van der Waals surface area contributed by atoms with Crippen LogP contribution < -0.4 is 11.2 Å². The Bertz CT molecular complexity index is 840. The number of amides is 1. The van der Waals surface area contributed by atoms with Crippen LogP contribution in [0.1, 0.15) is 32.1 Å². The summed E-state index contributed by atoms with van der Waals surface area (Å²) < 4.78 is 1.32. The van der Waals surface area contributed by atoms with Crippen LogP contribution >= 0.6 is 23.4 Å². The lowest BCUT2D eigenvalue weighted by Crippen LogP contribution is -2.49. The van der Waals surface area contributed by atoms with Gasteiger partial charge in [0.25, 0.3) is 0 Å². The number of nitrogens with zero attached hydrogens (tertiary/aromatic N) is 4. The quantitative estimate of drug-likeness (QED) is 0.600. The molecule has 1 heterocycles. The van der Waals surface area contributed by atoms with E-state index < -0.39 is 5.54 Å². The summed E-state index contributed by atoms with van der Waals surface area (Å²) in [5, 5.41) is 21.4. The van der Waals surface area contributed by atoms with Gasteiger partial charge in [-0.25, -0.2) is 4.68 Å². The highest BCUT2D eigenvalue weighted by atomic mass is 35.5. The topological polar surface area (TPSA) is 110 Å². The minimum absolute atomic E-state index is 0.112. The zero-order chi connectivity index (χ0) is 18.6. The van der Waals surface area contributed by atoms with Crippen molar-refractivity contribution in [1.82, 2.24) is 20.2 Å². The Balaban J connectivity index is 1.64. The molecular formula is C17H19ClN6OS. The van der Waals surface area contributed by atoms with E-state index in [0.717, 1.165) is 19.3 Å². The zero-order valence-corrected chi connectivity index (χ0v) is 15.7. The van der Waals surface area contributed by atoms with Crippen molar-refractivity contribution in [2.24, 2.45) is 0 Å². The molecule has 136 valence electrons. The molecule has 9 heteroatoms. The molecule has 26 heavy (non-hydrogen) atoms. The molecule has 0 aliphatic heterocycles. The minimum atomic E-state index is -0.741. The number of hydrogen-bond donors (Lipinski definition) is 2. The van der Waals surface area contributed by atoms with Gasteiger partial charge < -0.3 is 11.2 Å². The molecule has 1 aromatic carbocycles. The van der Waals surface area contributed by atoms with Gasteiger partial charge in [0.1, 0.15) is 5.54 Å². The number of nitrogen functional groups attached to an aromatic ring is 1. The number of benzene rings is 1. The van der Waals surface area contributed by atoms with E-state index in [9.17, 15) is 10.1 Å². The number of nitriles is 1. The first kappa shape index (κ1) is 18.5. The summed E-state index contributed by atoms with van der Waals surface area (Å²) >= 11 is 7.34. The minimum Gasteiger partial charge on any atom is -0.337 e. The van der Waals surface area contributed by atoms with Crippen LogP contribution in [0, 0.1) is 11.3 Å². The van der Waals surface area contributed by atoms with Crippen molar-refractivity contribution < 1.29 is 4.79 Å². The summed E-state index contributed by atoms with van der Waals surface area (Å²) in [6.07, 6.45) is 4.42. The van der Waals surface area contributed by atoms with E-state index in [0.29, 0.717) is 34.4 Å². The molecule has 0 unspecified atom stereocenters. The molecule has 3 rings (SSSR count). The predicted molar refractivity (Wildman–Crippen MR) is 101 cm³/mol. The van der Waals surface area contributed by atoms with Crippen LogP contribution in [0.5, 0.6) is 0 Å². The monoisotopic (exact) mass is 390 g/mol. The van der Waals surface area contributed by atoms with Crippen LogP contribution in [0.4, 0.5) is 0 Å². The number of halogens is 1. The van der Waals surface area contributed by atoms with Gasteiger partial charge in [-0.05, 0) is 25.0 Å². The molecule has 1 saturated carbocycles. The number of hydrogen-bond acceptors (Lipinski definition) is 6. The summed E-state index contributed by atoms with van der Waals surface area (Å²) in [6.45, 7) is 0. The maximum absolute atomic E-state index is 12.3. The van der Waals surface area contributed by atoms with Crippen molar-refractivity contribution >= 4 is 29.3 Å². The highest BCUT2D eigenvalue weighted by Gasteiger charge is 2.33. The molecule has 1 amide bonds. The third-order valence-corrected chi connectivity index (χ3v) is 5.68. The fourth-order valence-electron chi connectivity index (χ4n) is 3.05. The molecule has 1 aromatic heterocycles. The fourth-order valence-corrected chi connectivity index (χ4v) is 3.93. The molecule has 1 aliphatic carbocycles. The van der Waals surface area contributed by atoms with Gasteiger partial charge >= 0.3 is 0 Å². The summed E-state index contributed by atoms with van der Waals surface area (Å²) in [5.41, 5.74) is -0.0687. The average molecular weight is 391 g/mol. The fraction of sp³-hybridized carbons (Fsp3) is 0.412. The molecule has 2 aromatic rings. The second-order valence-electron chi connectivity index (χ2n) is 6.25. The van der Waals surface area contributed by atoms with E-state index in [-0.39, 0.29) is 11.7 Å². The van der Waals surface area contributed by atoms with Gasteiger partial charge in [0.15, 0.2) is 5.82 Å². The Kier molecular flexibility index (Phi) is 5.69. The van der Waals surface area contributed by atoms with E-state index in [2.05, 4.69) is 21.6 Å². The lowest BCUT2D eigenvalue weighted by molar-refractivity contribution is -0.120. The molecule has 3 N–H and O–H groups in total. The van der Waals surface area contributed by atoms with E-state index in [1.807, 2.05) is 12.1 Å². The lowest BCUT2D eigenvalue weighted by Gasteiger charge is -2.31. The molecule has 0 radical (unpaired) electrons. The molecule has 1 aliphatic rings. The molecular weight excluding hydrogens is 372 g/mol. The number of aromatic nitrogens is 3. The number of nitrogens with two attached hydrogens (primary N) is 1. The number of rotatable bonds is 5. The second-order valence-corrected chi connectivity index (χ2v) is 7.60. The van der Waals surface area contributed by atoms with E-state index in [4.69, 9.17) is 17.4 Å². The smallest absolute Gasteiger partial charge is 0.231 e. The van der Waals surface area contributed by atoms with Crippen molar-refractivity contribution in [2.75, 3.05) is 11.6 Å². The normalized spacial score (nSPS) is 16.0. The van der Waals surface area contributed by atoms with Crippen LogP contribution in [0.3, 0.4) is 0 Å². The summed E-state index contributed by atoms with van der Waals surface area (Å²) in [7, 11) is 0. The van der Waals surface area contributed by atoms with Gasteiger partial charge in [-0.3, -0.25) is 4.79 Å². The van der Waals surface area contributed by atoms with Crippen molar-refractivity contribution in [3.05, 3.63) is 29.3 Å². The third kappa shape index (κ3) is 3.94. The van der Waals surface area contributed by atoms with Crippen molar-refractivity contribution in [3.63, 3.8) is 0 Å². The summed E-state index contributed by atoms with van der Waals surface area (Å²) in [4.78, 5) is 12.3. The molecule has 7 nitrogen and oxygen atoms in total. The molecule has 1 fully saturated rings. The first-order valence-electron chi connectivity index (χ1n) is 8.35. The highest BCUT2D eigenvalue weighted by molar-refractivity contribution is 7.99. The standard InChI is InChI=1S/C17H19ClN6OS/c18-13-7-3-2-6-12(13)15-22-23-16(24(15)20)26-10-14(25)21-17(11-19)8-4-1-5-9-17/h2-3,6-7H,1,4-5,8-10,20H2,(H,21,25). The number of nitrogens with one attached hydrogen (secondary N) is 1. The highest BCUT2D eigenvalue weighted by Crippen LogP contribution is 2.29. The second kappa shape index (κ2) is 7.98. The van der Waals surface area contributed by atoms with Gasteiger partial charge in [0.05, 0.1) is 16.8 Å². The Morgan fingerprint density at radius 1 is 1.35 bits per heavy atom. The first-order valence-corrected chi connectivity index (χ1v) is 9.71. The maximum atomic E-state index is 12.3. The number of carbonyl (C=O) groups excluding carboxylic acids is 1. The maximum Gasteiger partial charge on any atom is 0.231 e. The van der Waals surface area contributed by atoms with E-state index in [1.165, 1.54) is 16.4 Å². The van der Waals surface area contributed by atoms with Gasteiger partial charge in [0.2, 0.25) is 11.1 Å². The van der Waals surface area contributed by atoms with E-state index >= 15 is 0 Å². The third-order valence-electron chi connectivity index (χ3n) is 4.41. The zero-order valence-electron chi connectivity index (χ0n) is 14.1. The average Bonchev–Trinajstić information content (AvgIpc) is 3.01. The van der Waals surface area contributed by atoms with Crippen molar-refractivity contribution in [2.45, 2.75) is 42.8 Å². The predicted octanol–water partition coefficient (Wildman–Crippen LogP) is 2.75. The molecule has 0 atom stereocenters. The largest absolute Gasteiger partial charge is 0.337 e. The van der Waals surface area contributed by atoms with Crippen molar-refractivity contribution in [3.8, 4) is 17.5 Å². The number of thioether (sulfide) groups is 1. The van der Waals surface area contributed by atoms with Crippen LogP contribution in [0.2, 0.25) is 5.02 Å². The first-order chi connectivity index (χ1) is 12.5. The van der Waals surface area contributed by atoms with Crippen LogP contribution in [-0.4, -0.2) is 32.1 Å². The van der Waals surface area contributed by atoms with Gasteiger partial charge in [-0.2, -0.15) is 5.26 Å². The van der Waals surface area contributed by atoms with Crippen LogP contribution in [0.15, 0.2) is 29.4 Å². The SMILES string of the molecule is N#CC1(NC(=O)CSc2nnc(-c3ccccc3Cl)n2N)CCCCC1. The van der Waals surface area contributed by atoms with Crippen molar-refractivity contribution in [1.29, 1.82) is 5.26 Å². The van der Waals surface area contributed by atoms with Crippen LogP contribution in [-0.2, 0) is 4.79 Å². The Hall–Kier alpha value is -2.24. The van der Waals surface area contributed by atoms with E-state index in [1.54, 1.807) is 12.1 Å². The number of carbonyl (C=O) groups is 1. The molecule has 0 spiro atoms. The Labute approximate surface area is 160 Å². The lowest BCUT2D eigenvalue weighted by atomic mass is 9.83. The Morgan fingerprint density at radius 2 is 2.08 bits per heavy atom. The summed E-state index contributed by atoms with van der Waals surface area (Å²) in [5.74, 6) is 6.39. The Morgan fingerprint density at radius 3 is 2.77 bits per heavy atom. The van der Waals surface area contributed by atoms with Gasteiger partial charge in [-0.1, -0.05) is 54.8 Å². The van der Waals surface area contributed by atoms with Crippen LogP contribution in [0.25, 0.3) is 11.4 Å². The molecule has 0 bridgehead atoms. The van der Waals surface area contributed by atoms with Gasteiger partial charge in [0, 0.05) is 5.56 Å². The molecule has 0 saturated heterocycles. The summed E-state index contributed by atoms with van der Waals surface area (Å²) in [6, 6.07) is 9.48. The van der Waals surface area contributed by atoms with Gasteiger partial charge in [-0.15, -0.1) is 10.2 Å².